The molecule has 1 aliphatic rings. The van der Waals surface area contributed by atoms with Crippen molar-refractivity contribution in [2.75, 3.05) is 4.90 Å². The highest BCUT2D eigenvalue weighted by molar-refractivity contribution is 6.09. The average Bonchev–Trinajstić information content (AvgIpc) is 3.87. The summed E-state index contributed by atoms with van der Waals surface area (Å²) < 4.78 is 2.41. The van der Waals surface area contributed by atoms with Crippen molar-refractivity contribution in [1.82, 2.24) is 4.57 Å². The molecule has 2 nitrogen and oxygen atoms in total. The number of aromatic nitrogens is 1. The lowest BCUT2D eigenvalue weighted by Gasteiger charge is -2.26. The molecule has 1 aliphatic carbocycles. The van der Waals surface area contributed by atoms with Crippen LogP contribution in [0.3, 0.4) is 0 Å². The van der Waals surface area contributed by atoms with Gasteiger partial charge in [-0.3, -0.25) is 0 Å². The third-order valence-corrected chi connectivity index (χ3v) is 14.6. The van der Waals surface area contributed by atoms with Crippen LogP contribution in [0, 0.1) is 0 Å². The van der Waals surface area contributed by atoms with Gasteiger partial charge in [0.05, 0.1) is 16.7 Å². The summed E-state index contributed by atoms with van der Waals surface area (Å²) in [6.45, 7) is 4.70. The van der Waals surface area contributed by atoms with E-state index in [1.807, 2.05) is 0 Å². The van der Waals surface area contributed by atoms with Crippen LogP contribution in [-0.2, 0) is 5.41 Å². The number of hydrogen-bond acceptors (Lipinski definition) is 1. The molecule has 0 amide bonds. The third-order valence-electron chi connectivity index (χ3n) is 14.6. The van der Waals surface area contributed by atoms with E-state index in [9.17, 15) is 0 Å². The fraction of sp³-hybridized carbons (Fsp3) is 0.0448. The zero-order chi connectivity index (χ0) is 46.1. The fourth-order valence-corrected chi connectivity index (χ4v) is 11.0. The van der Waals surface area contributed by atoms with Gasteiger partial charge in [0.1, 0.15) is 0 Å². The number of anilines is 3. The maximum Gasteiger partial charge on any atom is 0.0541 e. The van der Waals surface area contributed by atoms with Gasteiger partial charge in [-0.25, -0.2) is 0 Å². The molecule has 0 saturated carbocycles. The highest BCUT2D eigenvalue weighted by Gasteiger charge is 2.35. The molecular formula is C67H48N2. The molecule has 69 heavy (non-hydrogen) atoms. The first kappa shape index (κ1) is 40.5. The summed E-state index contributed by atoms with van der Waals surface area (Å²) >= 11 is 0. The van der Waals surface area contributed by atoms with E-state index in [1.54, 1.807) is 0 Å². The van der Waals surface area contributed by atoms with Gasteiger partial charge in [0.25, 0.3) is 0 Å². The predicted octanol–water partition coefficient (Wildman–Crippen LogP) is 18.4. The summed E-state index contributed by atoms with van der Waals surface area (Å²) in [5, 5.41) is 5.03. The van der Waals surface area contributed by atoms with E-state index >= 15 is 0 Å². The zero-order valence-corrected chi connectivity index (χ0v) is 38.6. The van der Waals surface area contributed by atoms with Gasteiger partial charge in [0.15, 0.2) is 0 Å². The maximum atomic E-state index is 2.41. The normalized spacial score (nSPS) is 12.6. The summed E-state index contributed by atoms with van der Waals surface area (Å²) in [5.74, 6) is 0. The van der Waals surface area contributed by atoms with Crippen LogP contribution in [0.1, 0.15) is 25.0 Å². The lowest BCUT2D eigenvalue weighted by molar-refractivity contribution is 0.660. The Hall–Kier alpha value is -8.72. The Labute approximate surface area is 403 Å². The van der Waals surface area contributed by atoms with Gasteiger partial charge in [-0.15, -0.1) is 0 Å². The lowest BCUT2D eigenvalue weighted by Crippen LogP contribution is -2.14. The van der Waals surface area contributed by atoms with Gasteiger partial charge in [-0.1, -0.05) is 202 Å². The van der Waals surface area contributed by atoms with E-state index in [2.05, 4.69) is 278 Å². The quantitative estimate of drug-likeness (QED) is 0.148. The van der Waals surface area contributed by atoms with Gasteiger partial charge in [-0.2, -0.15) is 0 Å². The van der Waals surface area contributed by atoms with Crippen LogP contribution in [0.4, 0.5) is 17.1 Å². The van der Waals surface area contributed by atoms with Crippen LogP contribution in [0.25, 0.3) is 93.9 Å². The van der Waals surface area contributed by atoms with Crippen LogP contribution < -0.4 is 4.90 Å². The maximum absolute atomic E-state index is 2.41. The minimum atomic E-state index is -0.0499. The van der Waals surface area contributed by atoms with Crippen LogP contribution in [0.2, 0.25) is 0 Å². The molecule has 1 aromatic heterocycles. The number of para-hydroxylation sites is 3. The number of fused-ring (bicyclic) bond motifs is 7. The smallest absolute Gasteiger partial charge is 0.0541 e. The van der Waals surface area contributed by atoms with Crippen molar-refractivity contribution in [3.8, 4) is 61.3 Å². The number of nitrogens with zero attached hydrogens (tertiary/aromatic N) is 2. The summed E-state index contributed by atoms with van der Waals surface area (Å²) in [5.41, 5.74) is 21.9. The Balaban J connectivity index is 0.834. The first-order valence-electron chi connectivity index (χ1n) is 24.0. The first-order valence-corrected chi connectivity index (χ1v) is 24.0. The van der Waals surface area contributed by atoms with Gasteiger partial charge in [0.2, 0.25) is 0 Å². The summed E-state index contributed by atoms with van der Waals surface area (Å²) in [4.78, 5) is 2.37. The molecule has 0 saturated heterocycles. The van der Waals surface area contributed by atoms with Crippen molar-refractivity contribution in [2.45, 2.75) is 19.3 Å². The molecular weight excluding hydrogens is 833 g/mol. The van der Waals surface area contributed by atoms with Crippen molar-refractivity contribution in [3.05, 3.63) is 266 Å². The largest absolute Gasteiger partial charge is 0.311 e. The molecule has 11 aromatic carbocycles. The van der Waals surface area contributed by atoms with Gasteiger partial charge in [-0.05, 0) is 139 Å². The van der Waals surface area contributed by atoms with Crippen molar-refractivity contribution < 1.29 is 0 Å². The lowest BCUT2D eigenvalue weighted by atomic mass is 9.81. The van der Waals surface area contributed by atoms with Gasteiger partial charge >= 0.3 is 0 Å². The van der Waals surface area contributed by atoms with Crippen molar-refractivity contribution in [2.24, 2.45) is 0 Å². The second-order valence-electron chi connectivity index (χ2n) is 18.9. The summed E-state index contributed by atoms with van der Waals surface area (Å²) in [6, 6.07) is 93.5. The van der Waals surface area contributed by atoms with Crippen LogP contribution in [0.5, 0.6) is 0 Å². The molecule has 12 aromatic rings. The van der Waals surface area contributed by atoms with Gasteiger partial charge in [0, 0.05) is 38.8 Å². The molecule has 326 valence electrons. The van der Waals surface area contributed by atoms with E-state index in [0.717, 1.165) is 17.1 Å². The fourth-order valence-electron chi connectivity index (χ4n) is 11.0. The van der Waals surface area contributed by atoms with E-state index in [1.165, 1.54) is 105 Å². The van der Waals surface area contributed by atoms with Crippen LogP contribution >= 0.6 is 0 Å². The number of benzene rings is 11. The first-order chi connectivity index (χ1) is 34.0. The molecule has 0 fully saturated rings. The Morgan fingerprint density at radius 1 is 0.304 bits per heavy atom. The number of rotatable bonds is 8. The minimum Gasteiger partial charge on any atom is -0.311 e. The Morgan fingerprint density at radius 3 is 1.35 bits per heavy atom. The second-order valence-corrected chi connectivity index (χ2v) is 18.9. The Bertz CT molecular complexity index is 3840. The minimum absolute atomic E-state index is 0.0499. The molecule has 0 spiro atoms. The molecule has 1 heterocycles. The molecule has 0 aliphatic heterocycles. The van der Waals surface area contributed by atoms with E-state index < -0.39 is 0 Å². The van der Waals surface area contributed by atoms with E-state index in [0.29, 0.717) is 0 Å². The van der Waals surface area contributed by atoms with Crippen LogP contribution in [-0.4, -0.2) is 4.57 Å². The molecule has 0 N–H and O–H groups in total. The number of hydrogen-bond donors (Lipinski definition) is 0. The topological polar surface area (TPSA) is 8.17 Å². The molecule has 13 rings (SSSR count). The SMILES string of the molecule is CC1(C)c2ccccc2-c2ccc(-c3ccc(N(c4ccc(-c5ccc(-c6ccccc6-n6c7ccccc7c7ccccc76)cc5)cc4)c4ccc(-c5ccc6ccccc6c5)cc4)cc3)cc21. The highest BCUT2D eigenvalue weighted by Crippen LogP contribution is 2.50. The van der Waals surface area contributed by atoms with E-state index in [4.69, 9.17) is 0 Å². The van der Waals surface area contributed by atoms with Crippen molar-refractivity contribution >= 4 is 49.6 Å². The van der Waals surface area contributed by atoms with Crippen molar-refractivity contribution in [1.29, 1.82) is 0 Å². The Morgan fingerprint density at radius 2 is 0.725 bits per heavy atom. The molecule has 0 unspecified atom stereocenters. The molecule has 0 bridgehead atoms. The van der Waals surface area contributed by atoms with Gasteiger partial charge < -0.3 is 9.47 Å². The predicted molar refractivity (Wildman–Crippen MR) is 292 cm³/mol. The molecule has 0 radical (unpaired) electrons. The standard InChI is InChI=1S/C67H48N2/c1-67(2)62-19-9-5-16-58(62)59-42-35-53(44-63(59)67)49-33-40-56(41-34-49)68(55-38-31-48(32-39-55)52-28-25-45-13-3-4-14-51(45)43-52)54-36-29-47(30-37-54)46-23-26-50(27-24-46)57-15-6-10-20-64(57)69-65-21-11-7-17-60(65)61-18-8-12-22-66(61)69/h3-44H,1-2H3. The molecule has 0 atom stereocenters. The van der Waals surface area contributed by atoms with Crippen LogP contribution in [0.15, 0.2) is 255 Å². The molecule has 2 heteroatoms. The monoisotopic (exact) mass is 880 g/mol. The summed E-state index contributed by atoms with van der Waals surface area (Å²) in [6.07, 6.45) is 0. The highest BCUT2D eigenvalue weighted by atomic mass is 15.1. The van der Waals surface area contributed by atoms with E-state index in [-0.39, 0.29) is 5.41 Å². The average molecular weight is 881 g/mol. The second kappa shape index (κ2) is 16.3. The van der Waals surface area contributed by atoms with Crippen molar-refractivity contribution in [3.63, 3.8) is 0 Å². The zero-order valence-electron chi connectivity index (χ0n) is 38.6. The summed E-state index contributed by atoms with van der Waals surface area (Å²) in [7, 11) is 0. The third kappa shape index (κ3) is 6.87. The Kier molecular flexibility index (Phi) is 9.55.